The summed E-state index contributed by atoms with van der Waals surface area (Å²) in [7, 11) is -3.49. The first-order valence-corrected chi connectivity index (χ1v) is 10.1. The Morgan fingerprint density at radius 2 is 1.68 bits per heavy atom. The zero-order valence-electron chi connectivity index (χ0n) is 13.9. The van der Waals surface area contributed by atoms with Gasteiger partial charge < -0.3 is 4.57 Å². The molecule has 132 valence electrons. The Bertz CT molecular complexity index is 904. The Morgan fingerprint density at radius 1 is 1.04 bits per heavy atom. The maximum Gasteiger partial charge on any atom is 0.221 e. The molecule has 4 nitrogen and oxygen atoms in total. The van der Waals surface area contributed by atoms with Crippen molar-refractivity contribution in [1.29, 1.82) is 0 Å². The molecule has 1 aromatic carbocycles. The number of hydrogen-bond acceptors (Lipinski definition) is 2. The van der Waals surface area contributed by atoms with Crippen LogP contribution in [0.4, 0.5) is 4.39 Å². The minimum Gasteiger partial charge on any atom is -0.350 e. The second-order valence-corrected chi connectivity index (χ2v) is 8.90. The van der Waals surface area contributed by atoms with Crippen LogP contribution in [0.15, 0.2) is 60.7 Å². The van der Waals surface area contributed by atoms with Crippen LogP contribution in [0.5, 0.6) is 0 Å². The van der Waals surface area contributed by atoms with Crippen molar-refractivity contribution < 1.29 is 12.8 Å². The highest BCUT2D eigenvalue weighted by molar-refractivity contribution is 7.89. The Morgan fingerprint density at radius 3 is 2.28 bits per heavy atom. The van der Waals surface area contributed by atoms with E-state index >= 15 is 0 Å². The van der Waals surface area contributed by atoms with Crippen LogP contribution >= 0.6 is 0 Å². The van der Waals surface area contributed by atoms with Crippen molar-refractivity contribution >= 4 is 20.8 Å². The first kappa shape index (κ1) is 16.5. The van der Waals surface area contributed by atoms with Gasteiger partial charge in [-0.05, 0) is 29.7 Å². The van der Waals surface area contributed by atoms with E-state index in [9.17, 15) is 12.8 Å². The number of allylic oxidation sites excluding steroid dienone is 3. The molecule has 2 aromatic rings. The van der Waals surface area contributed by atoms with Gasteiger partial charge in [0.15, 0.2) is 0 Å². The molecule has 0 spiro atoms. The van der Waals surface area contributed by atoms with Gasteiger partial charge in [-0.1, -0.05) is 36.4 Å². The number of rotatable bonds is 3. The van der Waals surface area contributed by atoms with E-state index in [1.54, 1.807) is 6.08 Å². The molecule has 1 aliphatic carbocycles. The van der Waals surface area contributed by atoms with Gasteiger partial charge in [-0.15, -0.1) is 0 Å². The SMILES string of the molecule is O=S(=O)(C1C=CC=C(F)C1)N1CCC(n2cc3ccccc3c2)CC1. The molecule has 1 unspecified atom stereocenters. The Hall–Kier alpha value is -1.92. The van der Waals surface area contributed by atoms with Gasteiger partial charge in [0.25, 0.3) is 0 Å². The van der Waals surface area contributed by atoms with E-state index in [0.717, 1.165) is 12.8 Å². The van der Waals surface area contributed by atoms with Gasteiger partial charge in [-0.25, -0.2) is 17.1 Å². The van der Waals surface area contributed by atoms with Gasteiger partial charge in [0.1, 0.15) is 11.1 Å². The van der Waals surface area contributed by atoms with Gasteiger partial charge >= 0.3 is 0 Å². The van der Waals surface area contributed by atoms with Gasteiger partial charge in [0.2, 0.25) is 10.0 Å². The second kappa shape index (κ2) is 6.42. The highest BCUT2D eigenvalue weighted by Gasteiger charge is 2.34. The molecule has 25 heavy (non-hydrogen) atoms. The summed E-state index contributed by atoms with van der Waals surface area (Å²) in [5, 5.41) is 1.63. The maximum absolute atomic E-state index is 13.4. The molecule has 0 saturated carbocycles. The Labute approximate surface area is 147 Å². The predicted octanol–water partition coefficient (Wildman–Crippen LogP) is 3.79. The van der Waals surface area contributed by atoms with Crippen molar-refractivity contribution in [2.45, 2.75) is 30.6 Å². The Balaban J connectivity index is 1.46. The topological polar surface area (TPSA) is 42.3 Å². The molecule has 2 heterocycles. The maximum atomic E-state index is 13.4. The zero-order valence-corrected chi connectivity index (χ0v) is 14.7. The van der Waals surface area contributed by atoms with Crippen LogP contribution < -0.4 is 0 Å². The summed E-state index contributed by atoms with van der Waals surface area (Å²) in [6.45, 7) is 0.967. The molecule has 6 heteroatoms. The van der Waals surface area contributed by atoms with Gasteiger partial charge in [0, 0.05) is 37.9 Å². The van der Waals surface area contributed by atoms with E-state index in [4.69, 9.17) is 0 Å². The minimum atomic E-state index is -3.49. The normalized spacial score (nSPS) is 23.1. The number of aromatic nitrogens is 1. The first-order chi connectivity index (χ1) is 12.0. The van der Waals surface area contributed by atoms with Crippen molar-refractivity contribution in [2.24, 2.45) is 0 Å². The van der Waals surface area contributed by atoms with Crippen LogP contribution in [-0.4, -0.2) is 35.6 Å². The fraction of sp³-hybridized carbons (Fsp3) is 0.368. The average Bonchev–Trinajstić information content (AvgIpc) is 3.06. The summed E-state index contributed by atoms with van der Waals surface area (Å²) in [4.78, 5) is 0. The lowest BCUT2D eigenvalue weighted by Gasteiger charge is -2.34. The van der Waals surface area contributed by atoms with Crippen LogP contribution in [0.1, 0.15) is 25.3 Å². The fourth-order valence-corrected chi connectivity index (χ4v) is 5.48. The summed E-state index contributed by atoms with van der Waals surface area (Å²) in [5.74, 6) is -0.370. The molecular weight excluding hydrogens is 339 g/mol. The third-order valence-corrected chi connectivity index (χ3v) is 7.33. The highest BCUT2D eigenvalue weighted by Crippen LogP contribution is 2.30. The van der Waals surface area contributed by atoms with E-state index in [2.05, 4.69) is 29.1 Å². The van der Waals surface area contributed by atoms with Crippen LogP contribution in [0.25, 0.3) is 10.8 Å². The minimum absolute atomic E-state index is 0.0538. The number of fused-ring (bicyclic) bond motifs is 1. The van der Waals surface area contributed by atoms with Crippen LogP contribution in [0.2, 0.25) is 0 Å². The van der Waals surface area contributed by atoms with Gasteiger partial charge in [-0.3, -0.25) is 0 Å². The highest BCUT2D eigenvalue weighted by atomic mass is 32.2. The number of sulfonamides is 1. The van der Waals surface area contributed by atoms with Gasteiger partial charge in [-0.2, -0.15) is 0 Å². The molecule has 1 aliphatic heterocycles. The van der Waals surface area contributed by atoms with Crippen molar-refractivity contribution in [3.05, 3.63) is 60.7 Å². The lowest BCUT2D eigenvalue weighted by atomic mass is 10.1. The molecule has 0 bridgehead atoms. The molecule has 2 aliphatic rings. The number of piperidine rings is 1. The van der Waals surface area contributed by atoms with E-state index in [0.29, 0.717) is 19.1 Å². The monoisotopic (exact) mass is 360 g/mol. The molecule has 4 rings (SSSR count). The van der Waals surface area contributed by atoms with E-state index in [1.807, 2.05) is 12.1 Å². The van der Waals surface area contributed by atoms with Crippen molar-refractivity contribution in [3.63, 3.8) is 0 Å². The van der Waals surface area contributed by atoms with Crippen molar-refractivity contribution in [1.82, 2.24) is 8.87 Å². The quantitative estimate of drug-likeness (QED) is 0.836. The standard InChI is InChI=1S/C19H21FN2O2S/c20-17-6-3-7-19(12-17)25(23,24)22-10-8-18(9-11-22)21-13-15-4-1-2-5-16(15)14-21/h1-7,13-14,18-19H,8-12H2. The van der Waals surface area contributed by atoms with Crippen molar-refractivity contribution in [2.75, 3.05) is 13.1 Å². The number of halogens is 1. The fourth-order valence-electron chi connectivity index (χ4n) is 3.72. The summed E-state index contributed by atoms with van der Waals surface area (Å²) in [6.07, 6.45) is 10.2. The number of nitrogens with zero attached hydrogens (tertiary/aromatic N) is 2. The van der Waals surface area contributed by atoms with Crippen LogP contribution in [0, 0.1) is 0 Å². The largest absolute Gasteiger partial charge is 0.350 e. The lowest BCUT2D eigenvalue weighted by Crippen LogP contribution is -2.43. The molecule has 0 radical (unpaired) electrons. The molecule has 0 amide bonds. The third kappa shape index (κ3) is 3.16. The zero-order chi connectivity index (χ0) is 17.4. The van der Waals surface area contributed by atoms with E-state index < -0.39 is 15.3 Å². The average molecular weight is 360 g/mol. The smallest absolute Gasteiger partial charge is 0.221 e. The van der Waals surface area contributed by atoms with Gasteiger partial charge in [0.05, 0.1) is 0 Å². The second-order valence-electron chi connectivity index (χ2n) is 6.75. The lowest BCUT2D eigenvalue weighted by molar-refractivity contribution is 0.273. The summed E-state index contributed by atoms with van der Waals surface area (Å²) in [5.41, 5.74) is 0. The summed E-state index contributed by atoms with van der Waals surface area (Å²) in [6, 6.07) is 8.52. The number of hydrogen-bond donors (Lipinski definition) is 0. The molecule has 1 atom stereocenters. The van der Waals surface area contributed by atoms with Crippen LogP contribution in [0.3, 0.4) is 0 Å². The molecule has 1 fully saturated rings. The molecule has 1 aromatic heterocycles. The van der Waals surface area contributed by atoms with E-state index in [1.165, 1.54) is 27.2 Å². The number of benzene rings is 1. The first-order valence-electron chi connectivity index (χ1n) is 8.62. The molecule has 0 N–H and O–H groups in total. The Kier molecular flexibility index (Phi) is 4.25. The van der Waals surface area contributed by atoms with Crippen LogP contribution in [-0.2, 0) is 10.0 Å². The summed E-state index contributed by atoms with van der Waals surface area (Å²) < 4.78 is 42.7. The molecule has 1 saturated heterocycles. The molecular formula is C19H21FN2O2S. The third-order valence-electron chi connectivity index (χ3n) is 5.16. The summed E-state index contributed by atoms with van der Waals surface area (Å²) >= 11 is 0. The van der Waals surface area contributed by atoms with E-state index in [-0.39, 0.29) is 12.2 Å². The predicted molar refractivity (Wildman–Crippen MR) is 97.4 cm³/mol. The van der Waals surface area contributed by atoms with Crippen molar-refractivity contribution in [3.8, 4) is 0 Å².